The van der Waals surface area contributed by atoms with Crippen molar-refractivity contribution in [3.63, 3.8) is 0 Å². The smallest absolute Gasteiger partial charge is 0.207 e. The molecule has 0 fully saturated rings. The van der Waals surface area contributed by atoms with E-state index in [1.54, 1.807) is 0 Å². The summed E-state index contributed by atoms with van der Waals surface area (Å²) in [4.78, 5) is 11.4. The van der Waals surface area contributed by atoms with Crippen molar-refractivity contribution < 1.29 is 4.79 Å². The van der Waals surface area contributed by atoms with E-state index < -0.39 is 4.71 Å². The summed E-state index contributed by atoms with van der Waals surface area (Å²) in [6.07, 6.45) is 8.25. The minimum Gasteiger partial charge on any atom is -0.290 e. The van der Waals surface area contributed by atoms with E-state index in [1.807, 2.05) is 0 Å². The van der Waals surface area contributed by atoms with E-state index in [0.29, 0.717) is 5.71 Å². The Balaban J connectivity index is 2.03. The molecule has 0 saturated carbocycles. The van der Waals surface area contributed by atoms with E-state index >= 15 is 0 Å². The first-order valence-electron chi connectivity index (χ1n) is 5.66. The van der Waals surface area contributed by atoms with E-state index in [1.165, 1.54) is 44.1 Å². The van der Waals surface area contributed by atoms with Gasteiger partial charge in [-0.15, -0.1) is 11.6 Å². The van der Waals surface area contributed by atoms with Gasteiger partial charge in [-0.25, -0.2) is 4.40 Å². The van der Waals surface area contributed by atoms with Crippen LogP contribution in [0.1, 0.15) is 51.9 Å². The molecule has 1 atom stereocenters. The number of hydrogen-bond donors (Lipinski definition) is 0. The molecule has 0 N–H and O–H groups in total. The molecule has 4 heteroatoms. The predicted molar refractivity (Wildman–Crippen MR) is 67.7 cm³/mol. The molecule has 0 saturated heterocycles. The highest BCUT2D eigenvalue weighted by Crippen LogP contribution is 2.26. The second-order valence-electron chi connectivity index (χ2n) is 3.84. The third-order valence-electron chi connectivity index (χ3n) is 2.51. The van der Waals surface area contributed by atoms with Crippen LogP contribution in [-0.4, -0.2) is 16.2 Å². The van der Waals surface area contributed by atoms with Crippen molar-refractivity contribution in [1.82, 2.24) is 0 Å². The second-order valence-corrected chi connectivity index (χ2v) is 5.40. The minimum atomic E-state index is -0.458. The number of carbonyl (C=O) groups excluding carboxylic acids is 1. The fourth-order valence-corrected chi connectivity index (χ4v) is 2.45. The topological polar surface area (TPSA) is 29.4 Å². The molecule has 15 heavy (non-hydrogen) atoms. The molecule has 0 amide bonds. The van der Waals surface area contributed by atoms with Gasteiger partial charge in [-0.1, -0.05) is 39.0 Å². The van der Waals surface area contributed by atoms with Crippen LogP contribution in [0.25, 0.3) is 0 Å². The third-order valence-corrected chi connectivity index (χ3v) is 3.68. The molecule has 0 bridgehead atoms. The van der Waals surface area contributed by atoms with Crippen LogP contribution in [0.15, 0.2) is 4.40 Å². The molecule has 1 heterocycles. The maximum atomic E-state index is 11.4. The largest absolute Gasteiger partial charge is 0.290 e. The van der Waals surface area contributed by atoms with Gasteiger partial charge in [0.1, 0.15) is 0 Å². The Kier molecular flexibility index (Phi) is 6.34. The number of alkyl halides is 1. The highest BCUT2D eigenvalue weighted by molar-refractivity contribution is 8.01. The zero-order valence-corrected chi connectivity index (χ0v) is 10.7. The highest BCUT2D eigenvalue weighted by Gasteiger charge is 2.27. The minimum absolute atomic E-state index is 0.0234. The lowest BCUT2D eigenvalue weighted by Crippen LogP contribution is -2.15. The van der Waals surface area contributed by atoms with Gasteiger partial charge in [-0.05, 0) is 12.8 Å². The molecular formula is C11H18ClNOS. The molecule has 1 rings (SSSR count). The van der Waals surface area contributed by atoms with Gasteiger partial charge in [0.25, 0.3) is 0 Å². The Morgan fingerprint density at radius 1 is 1.27 bits per heavy atom. The molecule has 1 aliphatic heterocycles. The standard InChI is InChI=1S/C11H18ClNOS/c1-2-3-4-5-6-7-8-9-10(14)11(12)15-13-9/h11H,2-8H2,1H3. The predicted octanol–water partition coefficient (Wildman–Crippen LogP) is 3.97. The number of Topliss-reactive ketones (excluding diaryl/α,β-unsaturated/α-hetero) is 1. The van der Waals surface area contributed by atoms with Crippen LogP contribution >= 0.6 is 23.5 Å². The zero-order chi connectivity index (χ0) is 11.1. The van der Waals surface area contributed by atoms with E-state index in [-0.39, 0.29) is 5.78 Å². The number of rotatable bonds is 7. The Hall–Kier alpha value is -0.0200. The first kappa shape index (κ1) is 13.0. The summed E-state index contributed by atoms with van der Waals surface area (Å²) in [5, 5.41) is 0. The summed E-state index contributed by atoms with van der Waals surface area (Å²) in [6, 6.07) is 0. The lowest BCUT2D eigenvalue weighted by atomic mass is 10.1. The maximum absolute atomic E-state index is 11.4. The van der Waals surface area contributed by atoms with E-state index in [4.69, 9.17) is 11.6 Å². The summed E-state index contributed by atoms with van der Waals surface area (Å²) >= 11 is 6.93. The van der Waals surface area contributed by atoms with Gasteiger partial charge in [-0.2, -0.15) is 0 Å². The summed E-state index contributed by atoms with van der Waals surface area (Å²) in [5.41, 5.74) is 0.690. The Labute approximate surface area is 101 Å². The van der Waals surface area contributed by atoms with Crippen LogP contribution in [0.5, 0.6) is 0 Å². The van der Waals surface area contributed by atoms with Crippen LogP contribution in [-0.2, 0) is 4.79 Å². The molecule has 0 spiro atoms. The third kappa shape index (κ3) is 4.56. The fraction of sp³-hybridized carbons (Fsp3) is 0.818. The van der Waals surface area contributed by atoms with E-state index in [0.717, 1.165) is 12.8 Å². The van der Waals surface area contributed by atoms with E-state index in [9.17, 15) is 4.79 Å². The maximum Gasteiger partial charge on any atom is 0.207 e. The molecule has 0 aromatic rings. The van der Waals surface area contributed by atoms with Gasteiger partial charge >= 0.3 is 0 Å². The first-order valence-corrected chi connectivity index (χ1v) is 6.94. The molecule has 0 radical (unpaired) electrons. The first-order chi connectivity index (χ1) is 7.25. The lowest BCUT2D eigenvalue weighted by Gasteiger charge is -2.00. The van der Waals surface area contributed by atoms with Crippen molar-refractivity contribution in [3.8, 4) is 0 Å². The molecule has 1 aliphatic rings. The van der Waals surface area contributed by atoms with Crippen LogP contribution < -0.4 is 0 Å². The van der Waals surface area contributed by atoms with Crippen molar-refractivity contribution in [1.29, 1.82) is 0 Å². The number of carbonyl (C=O) groups is 1. The molecular weight excluding hydrogens is 230 g/mol. The Morgan fingerprint density at radius 3 is 2.53 bits per heavy atom. The number of unbranched alkanes of at least 4 members (excludes halogenated alkanes) is 5. The van der Waals surface area contributed by atoms with Gasteiger partial charge in [0.15, 0.2) is 4.71 Å². The monoisotopic (exact) mass is 247 g/mol. The molecule has 0 aromatic carbocycles. The normalized spacial score (nSPS) is 20.8. The molecule has 0 aliphatic carbocycles. The summed E-state index contributed by atoms with van der Waals surface area (Å²) < 4.78 is 3.63. The quantitative estimate of drug-likeness (QED) is 0.387. The van der Waals surface area contributed by atoms with Gasteiger partial charge < -0.3 is 0 Å². The Morgan fingerprint density at radius 2 is 1.93 bits per heavy atom. The van der Waals surface area contributed by atoms with Crippen molar-refractivity contribution in [3.05, 3.63) is 0 Å². The average molecular weight is 248 g/mol. The van der Waals surface area contributed by atoms with Gasteiger partial charge in [0, 0.05) is 11.9 Å². The van der Waals surface area contributed by atoms with Crippen LogP contribution in [0.4, 0.5) is 0 Å². The second kappa shape index (κ2) is 7.29. The highest BCUT2D eigenvalue weighted by atomic mass is 35.5. The summed E-state index contributed by atoms with van der Waals surface area (Å²) in [7, 11) is 0. The fourth-order valence-electron chi connectivity index (χ4n) is 1.58. The van der Waals surface area contributed by atoms with Crippen molar-refractivity contribution >= 4 is 35.0 Å². The van der Waals surface area contributed by atoms with Crippen LogP contribution in [0.3, 0.4) is 0 Å². The van der Waals surface area contributed by atoms with Crippen LogP contribution in [0.2, 0.25) is 0 Å². The van der Waals surface area contributed by atoms with Crippen molar-refractivity contribution in [2.24, 2.45) is 4.40 Å². The van der Waals surface area contributed by atoms with Gasteiger partial charge in [0.2, 0.25) is 5.78 Å². The SMILES string of the molecule is CCCCCCCCC1=NSC(Cl)C1=O. The number of hydrogen-bond acceptors (Lipinski definition) is 3. The van der Waals surface area contributed by atoms with E-state index in [2.05, 4.69) is 11.3 Å². The van der Waals surface area contributed by atoms with Gasteiger partial charge in [-0.3, -0.25) is 4.79 Å². The molecule has 2 nitrogen and oxygen atoms in total. The van der Waals surface area contributed by atoms with Gasteiger partial charge in [0.05, 0.1) is 5.71 Å². The molecule has 0 aromatic heterocycles. The number of halogens is 1. The summed E-state index contributed by atoms with van der Waals surface area (Å²) in [5.74, 6) is 0.0234. The molecule has 1 unspecified atom stereocenters. The number of nitrogens with zero attached hydrogens (tertiary/aromatic N) is 1. The van der Waals surface area contributed by atoms with Crippen LogP contribution in [0, 0.1) is 0 Å². The Bertz CT molecular complexity index is 243. The number of ketones is 1. The van der Waals surface area contributed by atoms with Crippen molar-refractivity contribution in [2.45, 2.75) is 56.6 Å². The molecule has 86 valence electrons. The average Bonchev–Trinajstić information content (AvgIpc) is 2.54. The zero-order valence-electron chi connectivity index (χ0n) is 9.17. The lowest BCUT2D eigenvalue weighted by molar-refractivity contribution is -0.111. The summed E-state index contributed by atoms with van der Waals surface area (Å²) in [6.45, 7) is 2.21. The van der Waals surface area contributed by atoms with Crippen molar-refractivity contribution in [2.75, 3.05) is 0 Å².